The number of hydrogen-bond acceptors (Lipinski definition) is 16. The maximum Gasteiger partial charge on any atom is 0.296 e. The zero-order valence-electron chi connectivity index (χ0n) is 23.9. The highest BCUT2D eigenvalue weighted by atomic mass is 32.2. The number of aliphatic hydroxyl groups is 2. The number of sulfone groups is 1. The zero-order valence-corrected chi connectivity index (χ0v) is 26.4. The molecule has 0 atom stereocenters. The fourth-order valence-electron chi connectivity index (χ4n) is 3.70. The number of nitrogens with one attached hydrogen (secondary N) is 2. The Bertz CT molecular complexity index is 2010. The molecule has 1 aromatic heterocycles. The molecule has 2 aromatic carbocycles. The van der Waals surface area contributed by atoms with E-state index in [1.807, 2.05) is 6.07 Å². The van der Waals surface area contributed by atoms with E-state index in [4.69, 9.17) is 9.66 Å². The topological polar surface area (TPSA) is 294 Å². The third-order valence-corrected chi connectivity index (χ3v) is 9.31. The van der Waals surface area contributed by atoms with Gasteiger partial charge in [-0.1, -0.05) is 0 Å². The van der Waals surface area contributed by atoms with E-state index in [2.05, 4.69) is 36.1 Å². The molecular weight excluding hydrogens is 669 g/mol. The molecule has 18 nitrogen and oxygen atoms in total. The van der Waals surface area contributed by atoms with E-state index in [-0.39, 0.29) is 75.9 Å². The summed E-state index contributed by atoms with van der Waals surface area (Å²) in [4.78, 5) is 3.21. The fraction of sp³-hybridized carbons (Fsp3) is 0.280. The SMILES string of the molecule is Cc1c(C#N)c(NCCS(=O)(=O)CCO)nc(NCCO)c1N=Nc1ccc(N=Nc2ccc(S(=O)(=O)O)cc2)cc1S(=O)(=O)O. The number of pyridine rings is 1. The van der Waals surface area contributed by atoms with Crippen molar-refractivity contribution < 1.29 is 44.6 Å². The average Bonchev–Trinajstić information content (AvgIpc) is 2.98. The van der Waals surface area contributed by atoms with Crippen molar-refractivity contribution in [3.63, 3.8) is 0 Å². The molecule has 0 saturated heterocycles. The molecule has 0 unspecified atom stereocenters. The summed E-state index contributed by atoms with van der Waals surface area (Å²) in [7, 11) is -12.9. The second-order valence-corrected chi connectivity index (χ2v) is 14.3. The van der Waals surface area contributed by atoms with Gasteiger partial charge in [-0.2, -0.15) is 32.3 Å². The van der Waals surface area contributed by atoms with Crippen molar-refractivity contribution in [1.29, 1.82) is 5.26 Å². The number of hydrogen-bond donors (Lipinski definition) is 6. The highest BCUT2D eigenvalue weighted by molar-refractivity contribution is 7.91. The lowest BCUT2D eigenvalue weighted by atomic mass is 10.1. The van der Waals surface area contributed by atoms with Gasteiger partial charge in [0.25, 0.3) is 20.2 Å². The molecule has 0 bridgehead atoms. The maximum absolute atomic E-state index is 12.2. The lowest BCUT2D eigenvalue weighted by Gasteiger charge is -2.15. The van der Waals surface area contributed by atoms with Crippen LogP contribution in [0.1, 0.15) is 11.1 Å². The molecule has 0 fully saturated rings. The summed E-state index contributed by atoms with van der Waals surface area (Å²) in [5.74, 6) is -0.778. The van der Waals surface area contributed by atoms with Gasteiger partial charge in [-0.05, 0) is 49.4 Å². The molecule has 6 N–H and O–H groups in total. The van der Waals surface area contributed by atoms with Crippen LogP contribution in [0.15, 0.2) is 72.7 Å². The van der Waals surface area contributed by atoms with Crippen LogP contribution in [0, 0.1) is 18.3 Å². The van der Waals surface area contributed by atoms with Crippen LogP contribution in [0.4, 0.5) is 34.4 Å². The molecule has 0 aliphatic heterocycles. The van der Waals surface area contributed by atoms with Gasteiger partial charge in [0.1, 0.15) is 28.2 Å². The molecule has 0 saturated carbocycles. The normalized spacial score (nSPS) is 12.4. The van der Waals surface area contributed by atoms with Gasteiger partial charge >= 0.3 is 0 Å². The smallest absolute Gasteiger partial charge is 0.296 e. The minimum atomic E-state index is -4.89. The van der Waals surface area contributed by atoms with Crippen molar-refractivity contribution >= 4 is 64.5 Å². The summed E-state index contributed by atoms with van der Waals surface area (Å²) in [6.45, 7) is 0.469. The summed E-state index contributed by atoms with van der Waals surface area (Å²) in [6.07, 6.45) is 0. The number of azo groups is 2. The van der Waals surface area contributed by atoms with E-state index < -0.39 is 47.3 Å². The molecule has 3 rings (SSSR count). The molecule has 3 aromatic rings. The summed E-state index contributed by atoms with van der Waals surface area (Å²) < 4.78 is 89.6. The quantitative estimate of drug-likeness (QED) is 0.0984. The number of nitriles is 1. The van der Waals surface area contributed by atoms with Gasteiger partial charge in [-0.25, -0.2) is 13.4 Å². The molecule has 46 heavy (non-hydrogen) atoms. The summed E-state index contributed by atoms with van der Waals surface area (Å²) >= 11 is 0. The van der Waals surface area contributed by atoms with Gasteiger partial charge in [0, 0.05) is 18.7 Å². The highest BCUT2D eigenvalue weighted by Gasteiger charge is 2.20. The largest absolute Gasteiger partial charge is 0.395 e. The Kier molecular flexibility index (Phi) is 11.9. The molecule has 0 spiro atoms. The van der Waals surface area contributed by atoms with E-state index in [9.17, 15) is 40.2 Å². The van der Waals surface area contributed by atoms with Crippen LogP contribution in [0.25, 0.3) is 0 Å². The molecule has 246 valence electrons. The second-order valence-electron chi connectivity index (χ2n) is 9.22. The van der Waals surface area contributed by atoms with E-state index in [0.717, 1.165) is 18.2 Å². The van der Waals surface area contributed by atoms with Crippen LogP contribution in [-0.4, -0.2) is 87.4 Å². The maximum atomic E-state index is 12.2. The lowest BCUT2D eigenvalue weighted by molar-refractivity contribution is 0.311. The second kappa shape index (κ2) is 15.2. The van der Waals surface area contributed by atoms with Crippen LogP contribution in [0.3, 0.4) is 0 Å². The molecular formula is C25H28N8O10S3. The Morgan fingerprint density at radius 2 is 1.41 bits per heavy atom. The monoisotopic (exact) mass is 696 g/mol. The molecule has 0 amide bonds. The molecule has 0 radical (unpaired) electrons. The van der Waals surface area contributed by atoms with Crippen LogP contribution in [0.2, 0.25) is 0 Å². The summed E-state index contributed by atoms with van der Waals surface area (Å²) in [5, 5.41) is 49.3. The van der Waals surface area contributed by atoms with E-state index >= 15 is 0 Å². The molecule has 0 aliphatic carbocycles. The van der Waals surface area contributed by atoms with Gasteiger partial charge in [-0.3, -0.25) is 9.11 Å². The minimum absolute atomic E-state index is 0.000414. The first-order valence-electron chi connectivity index (χ1n) is 13.0. The predicted molar refractivity (Wildman–Crippen MR) is 164 cm³/mol. The zero-order chi connectivity index (χ0) is 34.1. The van der Waals surface area contributed by atoms with E-state index in [1.165, 1.54) is 31.2 Å². The Morgan fingerprint density at radius 3 is 2.00 bits per heavy atom. The standard InChI is InChI=1S/C25H28N8O10S3/c1-16-20(15-26)24(28-9-12-44(36,37)13-11-35)29-25(27-8-10-34)23(16)33-32-21-7-4-18(14-22(21)46(41,42)43)31-30-17-2-5-19(6-3-17)45(38,39)40/h2-7,14,34-35H,8-13H2,1H3,(H2,27,28,29)(H,38,39,40)(H,41,42,43). The Morgan fingerprint density at radius 1 is 0.783 bits per heavy atom. The molecule has 0 aliphatic rings. The van der Waals surface area contributed by atoms with Crippen LogP contribution >= 0.6 is 0 Å². The number of aliphatic hydroxyl groups excluding tert-OH is 2. The average molecular weight is 697 g/mol. The van der Waals surface area contributed by atoms with Crippen molar-refractivity contribution in [2.45, 2.75) is 16.7 Å². The Hall–Kier alpha value is -4.43. The van der Waals surface area contributed by atoms with Gasteiger partial charge in [0.2, 0.25) is 0 Å². The summed E-state index contributed by atoms with van der Waals surface area (Å²) in [6, 6.07) is 10.0. The van der Waals surface area contributed by atoms with Crippen molar-refractivity contribution in [1.82, 2.24) is 4.98 Å². The van der Waals surface area contributed by atoms with Crippen molar-refractivity contribution in [2.75, 3.05) is 48.4 Å². The summed E-state index contributed by atoms with van der Waals surface area (Å²) in [5.41, 5.74) is -0.0620. The van der Waals surface area contributed by atoms with E-state index in [1.54, 1.807) is 0 Å². The number of aromatic nitrogens is 1. The first-order chi connectivity index (χ1) is 21.6. The third kappa shape index (κ3) is 9.78. The first-order valence-corrected chi connectivity index (χ1v) is 17.7. The van der Waals surface area contributed by atoms with Crippen LogP contribution in [0.5, 0.6) is 0 Å². The van der Waals surface area contributed by atoms with Crippen molar-refractivity contribution in [3.8, 4) is 6.07 Å². The lowest BCUT2D eigenvalue weighted by Crippen LogP contribution is -2.21. The van der Waals surface area contributed by atoms with Crippen LogP contribution < -0.4 is 10.6 Å². The van der Waals surface area contributed by atoms with E-state index in [0.29, 0.717) is 0 Å². The number of rotatable bonds is 15. The number of anilines is 2. The van der Waals surface area contributed by atoms with Gasteiger partial charge in [-0.15, -0.1) is 10.2 Å². The number of benzene rings is 2. The number of nitrogens with zero attached hydrogens (tertiary/aromatic N) is 6. The third-order valence-electron chi connectivity index (χ3n) is 5.93. The van der Waals surface area contributed by atoms with Crippen LogP contribution in [-0.2, 0) is 30.1 Å². The Balaban J connectivity index is 1.98. The Labute approximate surface area is 264 Å². The minimum Gasteiger partial charge on any atom is -0.395 e. The highest BCUT2D eigenvalue weighted by Crippen LogP contribution is 2.36. The molecule has 21 heteroatoms. The van der Waals surface area contributed by atoms with Gasteiger partial charge in [0.05, 0.1) is 46.6 Å². The molecule has 1 heterocycles. The first kappa shape index (κ1) is 36.0. The fourth-order valence-corrected chi connectivity index (χ4v) is 5.72. The van der Waals surface area contributed by atoms with Crippen molar-refractivity contribution in [2.24, 2.45) is 20.5 Å². The van der Waals surface area contributed by atoms with Crippen molar-refractivity contribution in [3.05, 3.63) is 53.6 Å². The van der Waals surface area contributed by atoms with Gasteiger partial charge < -0.3 is 20.8 Å². The predicted octanol–water partition coefficient (Wildman–Crippen LogP) is 2.81. The van der Waals surface area contributed by atoms with Gasteiger partial charge in [0.15, 0.2) is 15.7 Å².